The van der Waals surface area contributed by atoms with Gasteiger partial charge in [-0.3, -0.25) is 0 Å². The van der Waals surface area contributed by atoms with Gasteiger partial charge >= 0.3 is 5.97 Å². The van der Waals surface area contributed by atoms with Gasteiger partial charge in [0, 0.05) is 0 Å². The SMILES string of the molecule is O=C(OCCF)c1ccc(F)c(OCCF)c1. The molecule has 0 amide bonds. The van der Waals surface area contributed by atoms with Crippen LogP contribution in [0.25, 0.3) is 0 Å². The van der Waals surface area contributed by atoms with Gasteiger partial charge in [-0.15, -0.1) is 0 Å². The van der Waals surface area contributed by atoms with Crippen LogP contribution >= 0.6 is 0 Å². The molecular weight excluding hydrogens is 237 g/mol. The van der Waals surface area contributed by atoms with E-state index in [0.717, 1.165) is 12.1 Å². The summed E-state index contributed by atoms with van der Waals surface area (Å²) in [4.78, 5) is 11.3. The van der Waals surface area contributed by atoms with Gasteiger partial charge in [0.2, 0.25) is 0 Å². The van der Waals surface area contributed by atoms with Gasteiger partial charge in [-0.25, -0.2) is 18.0 Å². The minimum atomic E-state index is -0.794. The number of carbonyl (C=O) groups excluding carboxylic acids is 1. The van der Waals surface area contributed by atoms with Gasteiger partial charge < -0.3 is 9.47 Å². The van der Waals surface area contributed by atoms with Crippen LogP contribution in [0.3, 0.4) is 0 Å². The predicted octanol–water partition coefficient (Wildman–Crippen LogP) is 2.30. The predicted molar refractivity (Wildman–Crippen MR) is 54.1 cm³/mol. The highest BCUT2D eigenvalue weighted by Crippen LogP contribution is 2.19. The fourth-order valence-electron chi connectivity index (χ4n) is 1.10. The van der Waals surface area contributed by atoms with E-state index in [9.17, 15) is 18.0 Å². The number of hydrogen-bond donors (Lipinski definition) is 0. The molecule has 0 heterocycles. The molecule has 0 unspecified atom stereocenters. The zero-order chi connectivity index (χ0) is 12.7. The van der Waals surface area contributed by atoms with Crippen molar-refractivity contribution in [3.8, 4) is 5.75 Å². The van der Waals surface area contributed by atoms with Crippen LogP contribution in [0, 0.1) is 5.82 Å². The topological polar surface area (TPSA) is 35.5 Å². The molecule has 1 rings (SSSR count). The van der Waals surface area contributed by atoms with Crippen molar-refractivity contribution in [2.24, 2.45) is 0 Å². The lowest BCUT2D eigenvalue weighted by molar-refractivity contribution is 0.0480. The molecule has 3 nitrogen and oxygen atoms in total. The highest BCUT2D eigenvalue weighted by atomic mass is 19.1. The van der Waals surface area contributed by atoms with Gasteiger partial charge in [-0.1, -0.05) is 0 Å². The minimum absolute atomic E-state index is 0.0220. The monoisotopic (exact) mass is 248 g/mol. The normalized spacial score (nSPS) is 10.1. The lowest BCUT2D eigenvalue weighted by Crippen LogP contribution is -2.08. The van der Waals surface area contributed by atoms with Crippen LogP contribution in [-0.2, 0) is 4.74 Å². The molecule has 0 saturated heterocycles. The number of alkyl halides is 2. The highest BCUT2D eigenvalue weighted by molar-refractivity contribution is 5.89. The third-order valence-electron chi connectivity index (χ3n) is 1.81. The van der Waals surface area contributed by atoms with Crippen molar-refractivity contribution in [3.63, 3.8) is 0 Å². The Kier molecular flexibility index (Phi) is 5.32. The maximum Gasteiger partial charge on any atom is 0.338 e. The van der Waals surface area contributed by atoms with Crippen LogP contribution in [0.15, 0.2) is 18.2 Å². The van der Waals surface area contributed by atoms with E-state index in [1.807, 2.05) is 0 Å². The molecule has 0 spiro atoms. The first-order chi connectivity index (χ1) is 8.19. The Morgan fingerprint density at radius 1 is 1.18 bits per heavy atom. The van der Waals surface area contributed by atoms with Gasteiger partial charge in [0.1, 0.15) is 26.6 Å². The third kappa shape index (κ3) is 3.97. The van der Waals surface area contributed by atoms with E-state index in [0.29, 0.717) is 0 Å². The van der Waals surface area contributed by atoms with Gasteiger partial charge in [0.25, 0.3) is 0 Å². The number of esters is 1. The van der Waals surface area contributed by atoms with Crippen LogP contribution < -0.4 is 4.74 Å². The van der Waals surface area contributed by atoms with Crippen molar-refractivity contribution < 1.29 is 27.4 Å². The summed E-state index contributed by atoms with van der Waals surface area (Å²) >= 11 is 0. The van der Waals surface area contributed by atoms with Crippen LogP contribution in [0.2, 0.25) is 0 Å². The van der Waals surface area contributed by atoms with Crippen molar-refractivity contribution >= 4 is 5.97 Å². The summed E-state index contributed by atoms with van der Waals surface area (Å²) in [5.41, 5.74) is 0.0220. The molecule has 0 radical (unpaired) electrons. The highest BCUT2D eigenvalue weighted by Gasteiger charge is 2.11. The molecule has 0 bridgehead atoms. The molecule has 0 aliphatic rings. The first-order valence-electron chi connectivity index (χ1n) is 4.90. The van der Waals surface area contributed by atoms with Gasteiger partial charge in [0.05, 0.1) is 5.56 Å². The summed E-state index contributed by atoms with van der Waals surface area (Å²) in [7, 11) is 0. The van der Waals surface area contributed by atoms with Crippen molar-refractivity contribution in [2.45, 2.75) is 0 Å². The summed E-state index contributed by atoms with van der Waals surface area (Å²) in [5.74, 6) is -1.73. The molecule has 0 fully saturated rings. The maximum atomic E-state index is 13.1. The zero-order valence-electron chi connectivity index (χ0n) is 8.92. The molecule has 94 valence electrons. The van der Waals surface area contributed by atoms with Crippen molar-refractivity contribution in [1.29, 1.82) is 0 Å². The number of rotatable bonds is 6. The van der Waals surface area contributed by atoms with Crippen molar-refractivity contribution in [3.05, 3.63) is 29.6 Å². The van der Waals surface area contributed by atoms with E-state index in [2.05, 4.69) is 4.74 Å². The fraction of sp³-hybridized carbons (Fsp3) is 0.364. The zero-order valence-corrected chi connectivity index (χ0v) is 8.92. The second kappa shape index (κ2) is 6.78. The molecule has 6 heteroatoms. The Morgan fingerprint density at radius 3 is 2.53 bits per heavy atom. The lowest BCUT2D eigenvalue weighted by atomic mass is 10.2. The third-order valence-corrected chi connectivity index (χ3v) is 1.81. The van der Waals surface area contributed by atoms with Gasteiger partial charge in [0.15, 0.2) is 11.6 Å². The summed E-state index contributed by atoms with van der Waals surface area (Å²) in [6, 6.07) is 3.27. The van der Waals surface area contributed by atoms with Crippen LogP contribution in [-0.4, -0.2) is 32.5 Å². The number of hydrogen-bond acceptors (Lipinski definition) is 3. The smallest absolute Gasteiger partial charge is 0.338 e. The molecule has 0 saturated carbocycles. The Labute approximate surface area is 96.1 Å². The quantitative estimate of drug-likeness (QED) is 0.724. The average molecular weight is 248 g/mol. The molecule has 0 atom stereocenters. The van der Waals surface area contributed by atoms with E-state index >= 15 is 0 Å². The summed E-state index contributed by atoms with van der Waals surface area (Å²) in [6.07, 6.45) is 0. The van der Waals surface area contributed by atoms with Crippen LogP contribution in [0.5, 0.6) is 5.75 Å². The number of carbonyl (C=O) groups is 1. The molecule has 1 aromatic carbocycles. The Hall–Kier alpha value is -1.72. The summed E-state index contributed by atoms with van der Waals surface area (Å²) in [5, 5.41) is 0. The van der Waals surface area contributed by atoms with E-state index in [1.54, 1.807) is 0 Å². The number of halogens is 3. The van der Waals surface area contributed by atoms with Crippen LogP contribution in [0.4, 0.5) is 13.2 Å². The summed E-state index contributed by atoms with van der Waals surface area (Å²) in [6.45, 7) is -2.23. The molecule has 0 aliphatic carbocycles. The summed E-state index contributed by atoms with van der Waals surface area (Å²) < 4.78 is 46.0. The standard InChI is InChI=1S/C11H11F3O3/c12-3-5-16-10-7-8(1-2-9(10)14)11(15)17-6-4-13/h1-2,7H,3-6H2. The molecule has 17 heavy (non-hydrogen) atoms. The van der Waals surface area contributed by atoms with Crippen molar-refractivity contribution in [1.82, 2.24) is 0 Å². The second-order valence-corrected chi connectivity index (χ2v) is 3.01. The maximum absolute atomic E-state index is 13.1. The van der Waals surface area contributed by atoms with Crippen LogP contribution in [0.1, 0.15) is 10.4 Å². The van der Waals surface area contributed by atoms with Crippen molar-refractivity contribution in [2.75, 3.05) is 26.6 Å². The van der Waals surface area contributed by atoms with E-state index in [1.165, 1.54) is 6.07 Å². The van der Waals surface area contributed by atoms with E-state index in [-0.39, 0.29) is 24.5 Å². The average Bonchev–Trinajstić information content (AvgIpc) is 2.35. The molecule has 1 aromatic rings. The Bertz CT molecular complexity index is 382. The number of ether oxygens (including phenoxy) is 2. The second-order valence-electron chi connectivity index (χ2n) is 3.01. The number of benzene rings is 1. The lowest BCUT2D eigenvalue weighted by Gasteiger charge is -2.07. The largest absolute Gasteiger partial charge is 0.488 e. The van der Waals surface area contributed by atoms with E-state index < -0.39 is 25.1 Å². The Balaban J connectivity index is 2.76. The fourth-order valence-corrected chi connectivity index (χ4v) is 1.10. The Morgan fingerprint density at radius 2 is 1.88 bits per heavy atom. The molecule has 0 aromatic heterocycles. The van der Waals surface area contributed by atoms with Gasteiger partial charge in [-0.2, -0.15) is 0 Å². The molecule has 0 aliphatic heterocycles. The molecule has 0 N–H and O–H groups in total. The molecular formula is C11H11F3O3. The first kappa shape index (κ1) is 13.3. The van der Waals surface area contributed by atoms with E-state index in [4.69, 9.17) is 4.74 Å². The van der Waals surface area contributed by atoms with Gasteiger partial charge in [-0.05, 0) is 18.2 Å². The minimum Gasteiger partial charge on any atom is -0.488 e. The first-order valence-corrected chi connectivity index (χ1v) is 4.90.